The number of allylic oxidation sites excluding steroid dienone is 2. The minimum absolute atomic E-state index is 0.526. The Bertz CT molecular complexity index is 667. The molecule has 24 heavy (non-hydrogen) atoms. The van der Waals surface area contributed by atoms with Crippen LogP contribution in [0, 0.1) is 10.8 Å². The monoisotopic (exact) mass is 323 g/mol. The number of rotatable bonds is 1. The molecule has 3 aliphatic rings. The van der Waals surface area contributed by atoms with Gasteiger partial charge in [-0.15, -0.1) is 0 Å². The predicted octanol–water partition coefficient (Wildman–Crippen LogP) is 3.74. The minimum atomic E-state index is 0.526. The largest absolute Gasteiger partial charge is 0.374 e. The molecular formula is C21H29N3. The van der Waals surface area contributed by atoms with E-state index in [-0.39, 0.29) is 0 Å². The lowest BCUT2D eigenvalue weighted by atomic mass is 9.78. The van der Waals surface area contributed by atoms with Gasteiger partial charge in [-0.2, -0.15) is 0 Å². The van der Waals surface area contributed by atoms with Gasteiger partial charge in [0.1, 0.15) is 0 Å². The van der Waals surface area contributed by atoms with Crippen molar-refractivity contribution < 1.29 is 0 Å². The molecule has 0 aromatic heterocycles. The van der Waals surface area contributed by atoms with E-state index in [9.17, 15) is 0 Å². The minimum Gasteiger partial charge on any atom is -0.374 e. The summed E-state index contributed by atoms with van der Waals surface area (Å²) >= 11 is 0. The van der Waals surface area contributed by atoms with E-state index in [1.54, 1.807) is 0 Å². The molecule has 1 aromatic rings. The van der Waals surface area contributed by atoms with E-state index in [0.717, 1.165) is 30.5 Å². The number of nitrogens with zero attached hydrogens (tertiary/aromatic N) is 1. The molecule has 1 aliphatic carbocycles. The van der Waals surface area contributed by atoms with E-state index < -0.39 is 0 Å². The zero-order valence-electron chi connectivity index (χ0n) is 14.8. The first-order chi connectivity index (χ1) is 11.7. The van der Waals surface area contributed by atoms with Gasteiger partial charge in [0.2, 0.25) is 0 Å². The molecule has 1 aromatic carbocycles. The van der Waals surface area contributed by atoms with Crippen molar-refractivity contribution in [2.45, 2.75) is 45.4 Å². The van der Waals surface area contributed by atoms with Crippen LogP contribution in [0.1, 0.15) is 50.2 Å². The average molecular weight is 323 g/mol. The second-order valence-electron chi connectivity index (χ2n) is 7.87. The van der Waals surface area contributed by atoms with Gasteiger partial charge in [-0.3, -0.25) is 5.41 Å². The first-order valence-electron chi connectivity index (χ1n) is 9.51. The highest BCUT2D eigenvalue weighted by Crippen LogP contribution is 2.41. The molecule has 2 N–H and O–H groups in total. The normalized spacial score (nSPS) is 25.5. The Morgan fingerprint density at radius 1 is 1.12 bits per heavy atom. The summed E-state index contributed by atoms with van der Waals surface area (Å²) in [5.41, 5.74) is 6.45. The number of benzene rings is 1. The van der Waals surface area contributed by atoms with E-state index in [0.29, 0.717) is 5.41 Å². The summed E-state index contributed by atoms with van der Waals surface area (Å²) in [6.07, 6.45) is 7.26. The SMILES string of the molecule is C/C(=C1/CCCc2ccccc2C1=N)N1CCC2(CCNCC2)C1. The Hall–Kier alpha value is -1.61. The molecule has 0 radical (unpaired) electrons. The van der Waals surface area contributed by atoms with Crippen LogP contribution in [0.4, 0.5) is 0 Å². The number of fused-ring (bicyclic) bond motifs is 1. The van der Waals surface area contributed by atoms with Crippen LogP contribution in [0.25, 0.3) is 0 Å². The molecule has 2 heterocycles. The maximum atomic E-state index is 8.80. The molecule has 0 bridgehead atoms. The quantitative estimate of drug-likeness (QED) is 0.773. The highest BCUT2D eigenvalue weighted by molar-refractivity contribution is 6.12. The van der Waals surface area contributed by atoms with Crippen LogP contribution in [0.15, 0.2) is 35.5 Å². The second-order valence-corrected chi connectivity index (χ2v) is 7.87. The molecule has 0 atom stereocenters. The number of aryl methyl sites for hydroxylation is 1. The maximum absolute atomic E-state index is 8.80. The number of hydrogen-bond donors (Lipinski definition) is 2. The Labute approximate surface area is 145 Å². The van der Waals surface area contributed by atoms with Crippen molar-refractivity contribution >= 4 is 5.71 Å². The van der Waals surface area contributed by atoms with Gasteiger partial charge in [0, 0.05) is 24.4 Å². The van der Waals surface area contributed by atoms with Crippen LogP contribution in [0.3, 0.4) is 0 Å². The lowest BCUT2D eigenvalue weighted by molar-refractivity contribution is 0.209. The lowest BCUT2D eigenvalue weighted by Gasteiger charge is -2.34. The third-order valence-electron chi connectivity index (χ3n) is 6.47. The summed E-state index contributed by atoms with van der Waals surface area (Å²) in [7, 11) is 0. The van der Waals surface area contributed by atoms with Gasteiger partial charge in [-0.25, -0.2) is 0 Å². The van der Waals surface area contributed by atoms with Crippen LogP contribution < -0.4 is 5.32 Å². The molecule has 3 nitrogen and oxygen atoms in total. The predicted molar refractivity (Wildman–Crippen MR) is 99.6 cm³/mol. The van der Waals surface area contributed by atoms with Crippen molar-refractivity contribution in [3.05, 3.63) is 46.7 Å². The molecule has 3 heteroatoms. The topological polar surface area (TPSA) is 39.1 Å². The maximum Gasteiger partial charge on any atom is 0.0664 e. The van der Waals surface area contributed by atoms with Crippen LogP contribution in [-0.2, 0) is 6.42 Å². The third-order valence-corrected chi connectivity index (χ3v) is 6.47. The van der Waals surface area contributed by atoms with Crippen molar-refractivity contribution in [3.63, 3.8) is 0 Å². The van der Waals surface area contributed by atoms with Crippen molar-refractivity contribution in [3.8, 4) is 0 Å². The van der Waals surface area contributed by atoms with Crippen molar-refractivity contribution in [1.29, 1.82) is 5.41 Å². The Morgan fingerprint density at radius 2 is 1.92 bits per heavy atom. The second kappa shape index (κ2) is 6.36. The molecule has 4 rings (SSSR count). The number of piperidine rings is 1. The lowest BCUT2D eigenvalue weighted by Crippen LogP contribution is -2.38. The van der Waals surface area contributed by atoms with Crippen molar-refractivity contribution in [2.24, 2.45) is 5.41 Å². The fourth-order valence-corrected chi connectivity index (χ4v) is 4.86. The highest BCUT2D eigenvalue weighted by atomic mass is 15.2. The first-order valence-corrected chi connectivity index (χ1v) is 9.51. The van der Waals surface area contributed by atoms with Crippen LogP contribution in [0.5, 0.6) is 0 Å². The summed E-state index contributed by atoms with van der Waals surface area (Å²) in [5.74, 6) is 0. The van der Waals surface area contributed by atoms with Gasteiger partial charge in [-0.05, 0) is 75.1 Å². The summed E-state index contributed by atoms with van der Waals surface area (Å²) in [4.78, 5) is 2.59. The Morgan fingerprint density at radius 3 is 2.75 bits per heavy atom. The van der Waals surface area contributed by atoms with Gasteiger partial charge in [0.25, 0.3) is 0 Å². The molecule has 128 valence electrons. The van der Waals surface area contributed by atoms with E-state index in [1.807, 2.05) is 0 Å². The van der Waals surface area contributed by atoms with Gasteiger partial charge >= 0.3 is 0 Å². The van der Waals surface area contributed by atoms with Crippen LogP contribution >= 0.6 is 0 Å². The molecule has 2 saturated heterocycles. The molecular weight excluding hydrogens is 294 g/mol. The molecule has 2 aliphatic heterocycles. The van der Waals surface area contributed by atoms with Gasteiger partial charge < -0.3 is 10.2 Å². The summed E-state index contributed by atoms with van der Waals surface area (Å²) < 4.78 is 0. The third kappa shape index (κ3) is 2.79. The van der Waals surface area contributed by atoms with E-state index in [2.05, 4.69) is 41.4 Å². The Kier molecular flexibility index (Phi) is 4.21. The zero-order chi connectivity index (χ0) is 16.6. The van der Waals surface area contributed by atoms with E-state index in [4.69, 9.17) is 5.41 Å². The highest BCUT2D eigenvalue weighted by Gasteiger charge is 2.39. The van der Waals surface area contributed by atoms with Crippen molar-refractivity contribution in [2.75, 3.05) is 26.2 Å². The van der Waals surface area contributed by atoms with Crippen LogP contribution in [-0.4, -0.2) is 36.8 Å². The van der Waals surface area contributed by atoms with Gasteiger partial charge in [-0.1, -0.05) is 24.3 Å². The fourth-order valence-electron chi connectivity index (χ4n) is 4.86. The number of likely N-dealkylation sites (tertiary alicyclic amines) is 1. The fraction of sp³-hybridized carbons (Fsp3) is 0.571. The molecule has 0 amide bonds. The summed E-state index contributed by atoms with van der Waals surface area (Å²) in [6, 6.07) is 8.51. The van der Waals surface area contributed by atoms with E-state index >= 15 is 0 Å². The first kappa shape index (κ1) is 15.9. The molecule has 0 saturated carbocycles. The average Bonchev–Trinajstić information content (AvgIpc) is 2.93. The summed E-state index contributed by atoms with van der Waals surface area (Å²) in [5, 5.41) is 12.3. The standard InChI is InChI=1S/C21H29N3/c1-16(24-14-11-21(15-24)9-12-23-13-10-21)18-8-4-6-17-5-2-3-7-19(17)20(18)22/h2-3,5,7,22-23H,4,6,8-15H2,1H3/b18-16+,22-20?. The smallest absolute Gasteiger partial charge is 0.0664 e. The van der Waals surface area contributed by atoms with Crippen LogP contribution in [0.2, 0.25) is 0 Å². The molecule has 1 spiro atoms. The molecule has 2 fully saturated rings. The zero-order valence-corrected chi connectivity index (χ0v) is 14.8. The van der Waals surface area contributed by atoms with Crippen molar-refractivity contribution in [1.82, 2.24) is 10.2 Å². The van der Waals surface area contributed by atoms with E-state index in [1.165, 1.54) is 62.3 Å². The summed E-state index contributed by atoms with van der Waals surface area (Å²) in [6.45, 7) is 6.97. The Balaban J connectivity index is 1.60. The number of hydrogen-bond acceptors (Lipinski definition) is 3. The van der Waals surface area contributed by atoms with Gasteiger partial charge in [0.05, 0.1) is 5.71 Å². The van der Waals surface area contributed by atoms with Gasteiger partial charge in [0.15, 0.2) is 0 Å². The molecule has 0 unspecified atom stereocenters. The number of nitrogens with one attached hydrogen (secondary N) is 2.